The van der Waals surface area contributed by atoms with Crippen molar-refractivity contribution in [2.24, 2.45) is 0 Å². The van der Waals surface area contributed by atoms with Crippen LogP contribution in [0.5, 0.6) is 0 Å². The first-order chi connectivity index (χ1) is 14.3. The number of nitrogens with zero attached hydrogens (tertiary/aromatic N) is 3. The van der Waals surface area contributed by atoms with Gasteiger partial charge in [0.15, 0.2) is 0 Å². The van der Waals surface area contributed by atoms with E-state index in [1.165, 1.54) is 17.4 Å². The van der Waals surface area contributed by atoms with Gasteiger partial charge in [-0.1, -0.05) is 29.8 Å². The molecular weight excluding hydrogens is 448 g/mol. The number of rotatable bonds is 6. The lowest BCUT2D eigenvalue weighted by atomic mass is 10.2. The van der Waals surface area contributed by atoms with Crippen LogP contribution in [0.25, 0.3) is 10.8 Å². The summed E-state index contributed by atoms with van der Waals surface area (Å²) >= 11 is 7.31. The van der Waals surface area contributed by atoms with Gasteiger partial charge in [-0.3, -0.25) is 4.79 Å². The molecule has 158 valence electrons. The number of aryl methyl sites for hydroxylation is 1. The number of hydrogen-bond donors (Lipinski definition) is 1. The zero-order chi connectivity index (χ0) is 21.3. The van der Waals surface area contributed by atoms with Crippen LogP contribution in [0.2, 0.25) is 5.02 Å². The Hall–Kier alpha value is -2.27. The molecule has 0 radical (unpaired) electrons. The molecule has 1 aliphatic heterocycles. The van der Waals surface area contributed by atoms with E-state index >= 15 is 0 Å². The highest BCUT2D eigenvalue weighted by atomic mass is 35.5. The summed E-state index contributed by atoms with van der Waals surface area (Å²) in [6.45, 7) is 3.12. The van der Waals surface area contributed by atoms with Crippen LogP contribution in [-0.4, -0.2) is 42.5 Å². The van der Waals surface area contributed by atoms with E-state index in [-0.39, 0.29) is 29.1 Å². The number of thiophene rings is 1. The Bertz CT molecular complexity index is 1180. The molecule has 0 unspecified atom stereocenters. The van der Waals surface area contributed by atoms with Crippen molar-refractivity contribution in [1.82, 2.24) is 19.8 Å². The van der Waals surface area contributed by atoms with E-state index in [4.69, 9.17) is 16.0 Å². The molecule has 3 aromatic rings. The lowest BCUT2D eigenvalue weighted by Gasteiger charge is -2.11. The second-order valence-corrected chi connectivity index (χ2v) is 10.3. The van der Waals surface area contributed by atoms with Crippen LogP contribution < -0.4 is 4.72 Å². The molecule has 0 atom stereocenters. The van der Waals surface area contributed by atoms with Crippen molar-refractivity contribution in [1.29, 1.82) is 0 Å². The largest absolute Gasteiger partial charge is 0.411 e. The van der Waals surface area contributed by atoms with Gasteiger partial charge in [-0.2, -0.15) is 0 Å². The molecule has 1 N–H and O–H groups in total. The zero-order valence-corrected chi connectivity index (χ0v) is 18.5. The van der Waals surface area contributed by atoms with Gasteiger partial charge in [0.2, 0.25) is 10.0 Å². The zero-order valence-electron chi connectivity index (χ0n) is 16.1. The van der Waals surface area contributed by atoms with Gasteiger partial charge in [-0.15, -0.1) is 21.5 Å². The summed E-state index contributed by atoms with van der Waals surface area (Å²) in [5.74, 6) is -0.258. The highest BCUT2D eigenvalue weighted by Gasteiger charge is 2.27. The Morgan fingerprint density at radius 2 is 2.00 bits per heavy atom. The highest BCUT2D eigenvalue weighted by molar-refractivity contribution is 7.89. The Labute approximate surface area is 182 Å². The van der Waals surface area contributed by atoms with Crippen molar-refractivity contribution in [3.63, 3.8) is 0 Å². The highest BCUT2D eigenvalue weighted by Crippen LogP contribution is 2.33. The smallest absolute Gasteiger partial charge is 0.311 e. The summed E-state index contributed by atoms with van der Waals surface area (Å²) in [5, 5.41) is 8.27. The minimum absolute atomic E-state index is 0.0711. The molecule has 1 saturated heterocycles. The molecule has 0 saturated carbocycles. The quantitative estimate of drug-likeness (QED) is 0.596. The number of hydrogen-bond acceptors (Lipinski definition) is 7. The third-order valence-corrected chi connectivity index (χ3v) is 7.85. The molecule has 30 heavy (non-hydrogen) atoms. The fourth-order valence-electron chi connectivity index (χ4n) is 3.19. The number of amides is 1. The predicted octanol–water partition coefficient (Wildman–Crippen LogP) is 3.47. The van der Waals surface area contributed by atoms with Gasteiger partial charge < -0.3 is 9.32 Å². The van der Waals surface area contributed by atoms with E-state index in [0.29, 0.717) is 33.4 Å². The molecule has 11 heteroatoms. The molecule has 1 aliphatic rings. The molecule has 0 aliphatic carbocycles. The fourth-order valence-corrected chi connectivity index (χ4v) is 5.91. The summed E-state index contributed by atoms with van der Waals surface area (Å²) in [6, 6.07) is 8.51. The standard InChI is InChI=1S/C19H19ClN4O4S2/c1-12-16(30(26,27)21-11-13-6-2-3-7-14(13)20)10-15(29-12)17-22-23-18(28-17)19(25)24-8-4-5-9-24/h2-3,6-7,10,21H,4-5,8-9,11H2,1H3. The van der Waals surface area contributed by atoms with E-state index in [9.17, 15) is 13.2 Å². The van der Waals surface area contributed by atoms with Crippen molar-refractivity contribution in [2.45, 2.75) is 31.2 Å². The van der Waals surface area contributed by atoms with Crippen LogP contribution in [0.4, 0.5) is 0 Å². The summed E-state index contributed by atoms with van der Waals surface area (Å²) in [7, 11) is -3.78. The van der Waals surface area contributed by atoms with Gasteiger partial charge in [-0.25, -0.2) is 13.1 Å². The van der Waals surface area contributed by atoms with Crippen molar-refractivity contribution < 1.29 is 17.6 Å². The maximum absolute atomic E-state index is 12.8. The maximum Gasteiger partial charge on any atom is 0.311 e. The van der Waals surface area contributed by atoms with Crippen molar-refractivity contribution in [3.8, 4) is 10.8 Å². The van der Waals surface area contributed by atoms with E-state index < -0.39 is 10.0 Å². The second-order valence-electron chi connectivity index (χ2n) is 6.86. The van der Waals surface area contributed by atoms with E-state index in [1.54, 1.807) is 36.1 Å². The molecule has 0 spiro atoms. The predicted molar refractivity (Wildman–Crippen MR) is 113 cm³/mol. The number of carbonyl (C=O) groups is 1. The number of carbonyl (C=O) groups excluding carboxylic acids is 1. The second kappa shape index (κ2) is 8.46. The first-order valence-corrected chi connectivity index (χ1v) is 12.0. The molecular formula is C19H19ClN4O4S2. The lowest BCUT2D eigenvalue weighted by molar-refractivity contribution is 0.0754. The summed E-state index contributed by atoms with van der Waals surface area (Å²) in [4.78, 5) is 15.2. The fraction of sp³-hybridized carbons (Fsp3) is 0.316. The van der Waals surface area contributed by atoms with Crippen LogP contribution in [0, 0.1) is 6.92 Å². The molecule has 1 amide bonds. The number of nitrogens with one attached hydrogen (secondary N) is 1. The Balaban J connectivity index is 1.53. The molecule has 2 aromatic heterocycles. The minimum Gasteiger partial charge on any atom is -0.411 e. The maximum atomic E-state index is 12.8. The number of aromatic nitrogens is 2. The van der Waals surface area contributed by atoms with Crippen LogP contribution in [-0.2, 0) is 16.6 Å². The third-order valence-electron chi connectivity index (χ3n) is 4.78. The average molecular weight is 467 g/mol. The van der Waals surface area contributed by atoms with Crippen LogP contribution in [0.3, 0.4) is 0 Å². The summed E-state index contributed by atoms with van der Waals surface area (Å²) < 4.78 is 33.7. The number of benzene rings is 1. The van der Waals surface area contributed by atoms with Gasteiger partial charge >= 0.3 is 11.8 Å². The molecule has 8 nitrogen and oxygen atoms in total. The first kappa shape index (κ1) is 21.0. The van der Waals surface area contributed by atoms with Gasteiger partial charge in [0, 0.05) is 29.5 Å². The number of sulfonamides is 1. The van der Waals surface area contributed by atoms with E-state index in [2.05, 4.69) is 14.9 Å². The Morgan fingerprint density at radius 1 is 1.27 bits per heavy atom. The normalized spacial score (nSPS) is 14.4. The number of halogens is 1. The number of likely N-dealkylation sites (tertiary alicyclic amines) is 1. The molecule has 0 bridgehead atoms. The molecule has 1 aromatic carbocycles. The van der Waals surface area contributed by atoms with Gasteiger partial charge in [-0.05, 0) is 37.5 Å². The molecule has 3 heterocycles. The average Bonchev–Trinajstić information content (AvgIpc) is 3.47. The summed E-state index contributed by atoms with van der Waals surface area (Å²) in [6.07, 6.45) is 1.92. The van der Waals surface area contributed by atoms with E-state index in [1.807, 2.05) is 0 Å². The van der Waals surface area contributed by atoms with Crippen LogP contribution in [0.1, 0.15) is 34.0 Å². The molecule has 4 rings (SSSR count). The van der Waals surface area contributed by atoms with Crippen molar-refractivity contribution in [2.75, 3.05) is 13.1 Å². The monoisotopic (exact) mass is 466 g/mol. The molecule has 1 fully saturated rings. The van der Waals surface area contributed by atoms with Gasteiger partial charge in [0.1, 0.15) is 0 Å². The third kappa shape index (κ3) is 4.27. The Morgan fingerprint density at radius 3 is 2.73 bits per heavy atom. The first-order valence-electron chi connectivity index (χ1n) is 9.32. The lowest BCUT2D eigenvalue weighted by Crippen LogP contribution is -2.27. The summed E-state index contributed by atoms with van der Waals surface area (Å²) in [5.41, 5.74) is 0.679. The Kier molecular flexibility index (Phi) is 5.92. The van der Waals surface area contributed by atoms with Crippen LogP contribution in [0.15, 0.2) is 39.6 Å². The topological polar surface area (TPSA) is 105 Å². The van der Waals surface area contributed by atoms with Gasteiger partial charge in [0.05, 0.1) is 9.77 Å². The van der Waals surface area contributed by atoms with Crippen molar-refractivity contribution >= 4 is 38.9 Å². The van der Waals surface area contributed by atoms with Gasteiger partial charge in [0.25, 0.3) is 5.89 Å². The SMILES string of the molecule is Cc1sc(-c2nnc(C(=O)N3CCCC3)o2)cc1S(=O)(=O)NCc1ccccc1Cl. The van der Waals surface area contributed by atoms with E-state index in [0.717, 1.165) is 12.8 Å². The van der Waals surface area contributed by atoms with Crippen LogP contribution >= 0.6 is 22.9 Å². The minimum atomic E-state index is -3.78. The van der Waals surface area contributed by atoms with Crippen molar-refractivity contribution in [3.05, 3.63) is 51.7 Å².